The Hall–Kier alpha value is -0.590. The van der Waals surface area contributed by atoms with Gasteiger partial charge in [0.15, 0.2) is 0 Å². The monoisotopic (exact) mass is 318 g/mol. The Morgan fingerprint density at radius 1 is 1.60 bits per heavy atom. The van der Waals surface area contributed by atoms with Crippen molar-refractivity contribution in [3.8, 4) is 0 Å². The molecule has 1 rings (SSSR count). The van der Waals surface area contributed by atoms with Gasteiger partial charge in [-0.05, 0) is 42.5 Å². The largest absolute Gasteiger partial charge is 0.386 e. The Kier molecular flexibility index (Phi) is 3.75. The van der Waals surface area contributed by atoms with E-state index in [0.29, 0.717) is 0 Å². The highest BCUT2D eigenvalue weighted by Crippen LogP contribution is 2.26. The molecular weight excluding hydrogens is 303 g/mol. The van der Waals surface area contributed by atoms with Gasteiger partial charge in [-0.15, -0.1) is 0 Å². The second-order valence-corrected chi connectivity index (χ2v) is 4.98. The molecule has 0 radical (unpaired) electrons. The van der Waals surface area contributed by atoms with Crippen molar-refractivity contribution >= 4 is 22.6 Å². The lowest BCUT2D eigenvalue weighted by molar-refractivity contribution is 0.121. The highest BCUT2D eigenvalue weighted by molar-refractivity contribution is 14.1. The number of hydrogen-bond donors (Lipinski definition) is 2. The third-order valence-electron chi connectivity index (χ3n) is 2.11. The van der Waals surface area contributed by atoms with Crippen LogP contribution in [0.15, 0.2) is 45.9 Å². The van der Waals surface area contributed by atoms with E-state index in [2.05, 4.69) is 29.2 Å². The summed E-state index contributed by atoms with van der Waals surface area (Å²) in [6.07, 6.45) is 7.19. The van der Waals surface area contributed by atoms with E-state index in [1.807, 2.05) is 12.2 Å². The molecule has 1 aliphatic heterocycles. The zero-order valence-corrected chi connectivity index (χ0v) is 11.0. The minimum absolute atomic E-state index is 0.780. The molecule has 15 heavy (non-hydrogen) atoms. The van der Waals surface area contributed by atoms with E-state index >= 15 is 0 Å². The summed E-state index contributed by atoms with van der Waals surface area (Å²) < 4.78 is 0.970. The van der Waals surface area contributed by atoms with Crippen molar-refractivity contribution in [2.45, 2.75) is 19.4 Å². The summed E-state index contributed by atoms with van der Waals surface area (Å²) in [6, 6.07) is 0. The summed E-state index contributed by atoms with van der Waals surface area (Å²) in [5.41, 5.74) is 0.778. The lowest BCUT2D eigenvalue weighted by Gasteiger charge is -2.27. The molecule has 1 heterocycles. The molecule has 0 amide bonds. The van der Waals surface area contributed by atoms with Crippen LogP contribution in [0.2, 0.25) is 0 Å². The zero-order chi connectivity index (χ0) is 11.6. The second-order valence-electron chi connectivity index (χ2n) is 3.82. The molecule has 0 aromatic carbocycles. The van der Waals surface area contributed by atoms with Crippen LogP contribution in [0, 0.1) is 0 Å². The maximum absolute atomic E-state index is 9.80. The Bertz CT molecular complexity index is 361. The summed E-state index contributed by atoms with van der Waals surface area (Å²) in [6.45, 7) is 7.14. The topological polar surface area (TPSA) is 49.5 Å². The average molecular weight is 318 g/mol. The fourth-order valence-electron chi connectivity index (χ4n) is 1.19. The van der Waals surface area contributed by atoms with Gasteiger partial charge in [-0.2, -0.15) is 0 Å². The second kappa shape index (κ2) is 4.51. The molecule has 0 saturated heterocycles. The van der Waals surface area contributed by atoms with Crippen LogP contribution in [0.1, 0.15) is 13.8 Å². The van der Waals surface area contributed by atoms with Crippen LogP contribution in [-0.4, -0.2) is 15.7 Å². The molecule has 4 heteroatoms. The van der Waals surface area contributed by atoms with Crippen LogP contribution in [0.5, 0.6) is 0 Å². The highest BCUT2D eigenvalue weighted by atomic mass is 127. The van der Waals surface area contributed by atoms with Gasteiger partial charge in [0.25, 0.3) is 0 Å². The number of allylic oxidation sites excluding steroid dienone is 3. The summed E-state index contributed by atoms with van der Waals surface area (Å²) in [4.78, 5) is 0. The third kappa shape index (κ3) is 2.93. The minimum Gasteiger partial charge on any atom is -0.386 e. The minimum atomic E-state index is -0.876. The molecule has 0 spiro atoms. The van der Waals surface area contributed by atoms with Crippen LogP contribution in [0.3, 0.4) is 0 Å². The van der Waals surface area contributed by atoms with Crippen LogP contribution >= 0.6 is 22.6 Å². The number of rotatable bonds is 2. The van der Waals surface area contributed by atoms with E-state index in [1.54, 1.807) is 26.1 Å². The summed E-state index contributed by atoms with van der Waals surface area (Å²) in [5.74, 6) is 5.83. The van der Waals surface area contributed by atoms with Gasteiger partial charge in [-0.1, -0.05) is 18.7 Å². The fourth-order valence-corrected chi connectivity index (χ4v) is 1.64. The molecule has 3 N–H and O–H groups in total. The number of aliphatic hydroxyl groups is 1. The van der Waals surface area contributed by atoms with Crippen molar-refractivity contribution in [1.82, 2.24) is 5.01 Å². The van der Waals surface area contributed by atoms with Crippen molar-refractivity contribution < 1.29 is 5.11 Å². The lowest BCUT2D eigenvalue weighted by Crippen LogP contribution is -2.31. The van der Waals surface area contributed by atoms with E-state index in [1.165, 1.54) is 5.01 Å². The Labute approximate surface area is 104 Å². The van der Waals surface area contributed by atoms with E-state index < -0.39 is 5.60 Å². The summed E-state index contributed by atoms with van der Waals surface area (Å²) in [7, 11) is 0. The molecule has 0 fully saturated rings. The summed E-state index contributed by atoms with van der Waals surface area (Å²) >= 11 is 2.16. The first kappa shape index (κ1) is 12.5. The van der Waals surface area contributed by atoms with Crippen LogP contribution in [0.25, 0.3) is 0 Å². The van der Waals surface area contributed by atoms with Crippen LogP contribution in [-0.2, 0) is 0 Å². The quantitative estimate of drug-likeness (QED) is 0.606. The van der Waals surface area contributed by atoms with Crippen LogP contribution < -0.4 is 5.84 Å². The van der Waals surface area contributed by atoms with Crippen molar-refractivity contribution in [2.24, 2.45) is 5.84 Å². The molecule has 3 nitrogen and oxygen atoms in total. The number of nitrogens with zero attached hydrogens (tertiary/aromatic N) is 1. The molecule has 0 unspecified atom stereocenters. The predicted octanol–water partition coefficient (Wildman–Crippen LogP) is 2.22. The predicted molar refractivity (Wildman–Crippen MR) is 70.8 cm³/mol. The number of hydrazine groups is 1. The molecule has 82 valence electrons. The first-order valence-corrected chi connectivity index (χ1v) is 5.63. The molecule has 0 aromatic rings. The molecule has 0 atom stereocenters. The smallest absolute Gasteiger partial charge is 0.0855 e. The Morgan fingerprint density at radius 2 is 2.20 bits per heavy atom. The maximum atomic E-state index is 9.80. The zero-order valence-electron chi connectivity index (χ0n) is 8.87. The lowest BCUT2D eigenvalue weighted by atomic mass is 9.97. The van der Waals surface area contributed by atoms with Gasteiger partial charge >= 0.3 is 0 Å². The van der Waals surface area contributed by atoms with Crippen LogP contribution in [0.4, 0.5) is 0 Å². The first-order chi connectivity index (χ1) is 6.86. The summed E-state index contributed by atoms with van der Waals surface area (Å²) in [5, 5.41) is 11.3. The molecule has 0 saturated carbocycles. The van der Waals surface area contributed by atoms with Crippen molar-refractivity contribution in [1.29, 1.82) is 0 Å². The SMILES string of the molecule is C=C/C(I)=C1/C=CC(C(C)(C)O)=CN1N. The number of nitrogens with two attached hydrogens (primary N) is 1. The van der Waals surface area contributed by atoms with E-state index in [4.69, 9.17) is 5.84 Å². The number of hydrogen-bond acceptors (Lipinski definition) is 3. The Balaban J connectivity index is 3.04. The number of halogens is 1. The third-order valence-corrected chi connectivity index (χ3v) is 3.10. The molecule has 0 bridgehead atoms. The molecular formula is C11H15IN2O. The van der Waals surface area contributed by atoms with Gasteiger partial charge < -0.3 is 5.11 Å². The average Bonchev–Trinajstić information content (AvgIpc) is 2.15. The van der Waals surface area contributed by atoms with E-state index in [-0.39, 0.29) is 0 Å². The normalized spacial score (nSPS) is 20.1. The van der Waals surface area contributed by atoms with Gasteiger partial charge in [0.1, 0.15) is 0 Å². The first-order valence-electron chi connectivity index (χ1n) is 4.55. The van der Waals surface area contributed by atoms with Gasteiger partial charge in [0.2, 0.25) is 0 Å². The molecule has 1 aliphatic rings. The van der Waals surface area contributed by atoms with Crippen molar-refractivity contribution in [3.63, 3.8) is 0 Å². The van der Waals surface area contributed by atoms with Crippen molar-refractivity contribution in [2.75, 3.05) is 0 Å². The van der Waals surface area contributed by atoms with E-state index in [0.717, 1.165) is 14.8 Å². The fraction of sp³-hybridized carbons (Fsp3) is 0.273. The van der Waals surface area contributed by atoms with Gasteiger partial charge in [0, 0.05) is 15.4 Å². The van der Waals surface area contributed by atoms with Crippen molar-refractivity contribution in [3.05, 3.63) is 45.9 Å². The molecule has 0 aromatic heterocycles. The van der Waals surface area contributed by atoms with Gasteiger partial charge in [-0.25, -0.2) is 5.84 Å². The van der Waals surface area contributed by atoms with E-state index in [9.17, 15) is 5.11 Å². The molecule has 0 aliphatic carbocycles. The van der Waals surface area contributed by atoms with Gasteiger partial charge in [0.05, 0.1) is 11.3 Å². The van der Waals surface area contributed by atoms with Gasteiger partial charge in [-0.3, -0.25) is 5.01 Å². The maximum Gasteiger partial charge on any atom is 0.0855 e. The Morgan fingerprint density at radius 3 is 2.60 bits per heavy atom. The highest BCUT2D eigenvalue weighted by Gasteiger charge is 2.21. The standard InChI is InChI=1S/C11H15IN2O/c1-4-9(12)10-6-5-8(7-14(10)13)11(2,3)15/h4-7,15H,1,13H2,2-3H3/b10-9+.